The molecule has 1 aliphatic rings. The number of rotatable bonds is 8. The number of piperidine rings is 1. The predicted octanol–water partition coefficient (Wildman–Crippen LogP) is 2.66. The van der Waals surface area contributed by atoms with E-state index in [0.717, 1.165) is 25.2 Å². The molecule has 0 aromatic heterocycles. The monoisotopic (exact) mass is 415 g/mol. The SMILES string of the molecule is C[C@H](NS(=O)(=O)c1ccccc1)C(=O)NCc1ccccc1CN1CCCCC1. The largest absolute Gasteiger partial charge is 0.351 e. The van der Waals surface area contributed by atoms with Crippen molar-refractivity contribution in [1.29, 1.82) is 0 Å². The summed E-state index contributed by atoms with van der Waals surface area (Å²) in [5.41, 5.74) is 2.26. The van der Waals surface area contributed by atoms with Crippen molar-refractivity contribution in [1.82, 2.24) is 14.9 Å². The molecule has 0 unspecified atom stereocenters. The van der Waals surface area contributed by atoms with Crippen molar-refractivity contribution in [3.05, 3.63) is 65.7 Å². The molecule has 29 heavy (non-hydrogen) atoms. The number of nitrogens with one attached hydrogen (secondary N) is 2. The Balaban J connectivity index is 1.57. The van der Waals surface area contributed by atoms with Crippen molar-refractivity contribution in [2.75, 3.05) is 13.1 Å². The van der Waals surface area contributed by atoms with Gasteiger partial charge in [0.05, 0.1) is 10.9 Å². The van der Waals surface area contributed by atoms with Crippen LogP contribution in [-0.4, -0.2) is 38.4 Å². The van der Waals surface area contributed by atoms with Crippen LogP contribution in [0.1, 0.15) is 37.3 Å². The lowest BCUT2D eigenvalue weighted by molar-refractivity contribution is -0.122. The molecule has 1 amide bonds. The molecule has 2 N–H and O–H groups in total. The maximum atomic E-state index is 12.5. The number of amides is 1. The molecule has 1 heterocycles. The molecule has 3 rings (SSSR count). The Morgan fingerprint density at radius 2 is 1.59 bits per heavy atom. The van der Waals surface area contributed by atoms with Crippen LogP contribution in [0.25, 0.3) is 0 Å². The Morgan fingerprint density at radius 3 is 2.28 bits per heavy atom. The minimum atomic E-state index is -3.73. The number of sulfonamides is 1. The second kappa shape index (κ2) is 10.0. The average Bonchev–Trinajstić information content (AvgIpc) is 2.74. The Hall–Kier alpha value is -2.22. The van der Waals surface area contributed by atoms with E-state index in [9.17, 15) is 13.2 Å². The second-order valence-corrected chi connectivity index (χ2v) is 9.19. The number of benzene rings is 2. The van der Waals surface area contributed by atoms with Gasteiger partial charge in [-0.1, -0.05) is 48.9 Å². The molecular formula is C22H29N3O3S. The van der Waals surface area contributed by atoms with Crippen molar-refractivity contribution in [3.8, 4) is 0 Å². The lowest BCUT2D eigenvalue weighted by Gasteiger charge is -2.27. The summed E-state index contributed by atoms with van der Waals surface area (Å²) in [6.07, 6.45) is 3.76. The van der Waals surface area contributed by atoms with Crippen molar-refractivity contribution in [2.45, 2.75) is 50.2 Å². The van der Waals surface area contributed by atoms with Gasteiger partial charge in [0.2, 0.25) is 15.9 Å². The van der Waals surface area contributed by atoms with Crippen LogP contribution < -0.4 is 10.0 Å². The maximum absolute atomic E-state index is 12.5. The van der Waals surface area contributed by atoms with Gasteiger partial charge in [-0.3, -0.25) is 9.69 Å². The lowest BCUT2D eigenvalue weighted by Crippen LogP contribution is -2.44. The molecule has 6 nitrogen and oxygen atoms in total. The van der Waals surface area contributed by atoms with Crippen LogP contribution in [0.5, 0.6) is 0 Å². The Morgan fingerprint density at radius 1 is 0.966 bits per heavy atom. The first-order valence-electron chi connectivity index (χ1n) is 10.1. The molecule has 2 aromatic carbocycles. The molecule has 156 valence electrons. The predicted molar refractivity (Wildman–Crippen MR) is 114 cm³/mol. The van der Waals surface area contributed by atoms with Crippen molar-refractivity contribution < 1.29 is 13.2 Å². The number of nitrogens with zero attached hydrogens (tertiary/aromatic N) is 1. The van der Waals surface area contributed by atoms with Gasteiger partial charge in [-0.2, -0.15) is 4.72 Å². The van der Waals surface area contributed by atoms with E-state index in [1.165, 1.54) is 37.0 Å². The lowest BCUT2D eigenvalue weighted by atomic mass is 10.0. The number of hydrogen-bond donors (Lipinski definition) is 2. The molecule has 1 saturated heterocycles. The molecular weight excluding hydrogens is 386 g/mol. The zero-order chi connectivity index (χ0) is 20.7. The van der Waals surface area contributed by atoms with Crippen molar-refractivity contribution in [2.24, 2.45) is 0 Å². The molecule has 0 bridgehead atoms. The number of carbonyl (C=O) groups excluding carboxylic acids is 1. The van der Waals surface area contributed by atoms with Crippen LogP contribution in [0.3, 0.4) is 0 Å². The first kappa shape index (κ1) is 21.5. The van der Waals surface area contributed by atoms with E-state index in [4.69, 9.17) is 0 Å². The first-order valence-corrected chi connectivity index (χ1v) is 11.6. The Kier molecular flexibility index (Phi) is 7.41. The van der Waals surface area contributed by atoms with Crippen LogP contribution >= 0.6 is 0 Å². The fraction of sp³-hybridized carbons (Fsp3) is 0.409. The smallest absolute Gasteiger partial charge is 0.241 e. The van der Waals surface area contributed by atoms with E-state index in [-0.39, 0.29) is 10.8 Å². The molecule has 0 saturated carbocycles. The van der Waals surface area contributed by atoms with Gasteiger partial charge in [0.15, 0.2) is 0 Å². The molecule has 0 aliphatic carbocycles. The normalized spacial score (nSPS) is 16.3. The number of carbonyl (C=O) groups is 1. The van der Waals surface area contributed by atoms with Crippen LogP contribution in [0.2, 0.25) is 0 Å². The maximum Gasteiger partial charge on any atom is 0.241 e. The standard InChI is InChI=1S/C22H29N3O3S/c1-18(24-29(27,28)21-12-4-2-5-13-21)22(26)23-16-19-10-6-7-11-20(19)17-25-14-8-3-9-15-25/h2,4-7,10-13,18,24H,3,8-9,14-17H2,1H3,(H,23,26)/t18-/m0/s1. The van der Waals surface area contributed by atoms with Gasteiger partial charge < -0.3 is 5.32 Å². The highest BCUT2D eigenvalue weighted by Gasteiger charge is 2.22. The van der Waals surface area contributed by atoms with E-state index >= 15 is 0 Å². The summed E-state index contributed by atoms with van der Waals surface area (Å²) in [5.74, 6) is -0.350. The molecule has 0 radical (unpaired) electrons. The number of likely N-dealkylation sites (tertiary alicyclic amines) is 1. The zero-order valence-electron chi connectivity index (χ0n) is 16.8. The molecule has 2 aromatic rings. The molecule has 7 heteroatoms. The fourth-order valence-corrected chi connectivity index (χ4v) is 4.76. The number of hydrogen-bond acceptors (Lipinski definition) is 4. The van der Waals surface area contributed by atoms with E-state index in [2.05, 4.69) is 21.0 Å². The highest BCUT2D eigenvalue weighted by atomic mass is 32.2. The minimum absolute atomic E-state index is 0.145. The van der Waals surface area contributed by atoms with Gasteiger partial charge in [-0.05, 0) is 56.1 Å². The Labute approximate surface area is 173 Å². The van der Waals surface area contributed by atoms with Gasteiger partial charge in [0, 0.05) is 13.1 Å². The molecule has 1 aliphatic heterocycles. The van der Waals surface area contributed by atoms with E-state index in [1.807, 2.05) is 18.2 Å². The summed E-state index contributed by atoms with van der Waals surface area (Å²) >= 11 is 0. The van der Waals surface area contributed by atoms with Crippen LogP contribution in [0, 0.1) is 0 Å². The first-order chi connectivity index (χ1) is 14.0. The summed E-state index contributed by atoms with van der Waals surface area (Å²) < 4.78 is 27.2. The van der Waals surface area contributed by atoms with E-state index in [0.29, 0.717) is 6.54 Å². The fourth-order valence-electron chi connectivity index (χ4n) is 3.53. The third-order valence-corrected chi connectivity index (χ3v) is 6.75. The highest BCUT2D eigenvalue weighted by molar-refractivity contribution is 7.89. The van der Waals surface area contributed by atoms with Gasteiger partial charge in [0.25, 0.3) is 0 Å². The van der Waals surface area contributed by atoms with E-state index in [1.54, 1.807) is 25.1 Å². The van der Waals surface area contributed by atoms with Gasteiger partial charge >= 0.3 is 0 Å². The van der Waals surface area contributed by atoms with Crippen LogP contribution in [0.4, 0.5) is 0 Å². The second-order valence-electron chi connectivity index (χ2n) is 7.48. The summed E-state index contributed by atoms with van der Waals surface area (Å²) in [6, 6.07) is 15.3. The minimum Gasteiger partial charge on any atom is -0.351 e. The molecule has 0 spiro atoms. The molecule has 1 fully saturated rings. The average molecular weight is 416 g/mol. The van der Waals surface area contributed by atoms with Crippen molar-refractivity contribution in [3.63, 3.8) is 0 Å². The van der Waals surface area contributed by atoms with Crippen LogP contribution in [0.15, 0.2) is 59.5 Å². The third kappa shape index (κ3) is 6.13. The quantitative estimate of drug-likeness (QED) is 0.695. The van der Waals surface area contributed by atoms with Gasteiger partial charge in [-0.15, -0.1) is 0 Å². The summed E-state index contributed by atoms with van der Waals surface area (Å²) in [7, 11) is -3.73. The highest BCUT2D eigenvalue weighted by Crippen LogP contribution is 2.16. The zero-order valence-corrected chi connectivity index (χ0v) is 17.6. The summed E-state index contributed by atoms with van der Waals surface area (Å²) in [6.45, 7) is 5.02. The molecule has 1 atom stereocenters. The Bertz CT molecular complexity index is 910. The van der Waals surface area contributed by atoms with E-state index < -0.39 is 16.1 Å². The van der Waals surface area contributed by atoms with Crippen molar-refractivity contribution >= 4 is 15.9 Å². The van der Waals surface area contributed by atoms with Gasteiger partial charge in [0.1, 0.15) is 0 Å². The third-order valence-electron chi connectivity index (χ3n) is 5.19. The van der Waals surface area contributed by atoms with Crippen LogP contribution in [-0.2, 0) is 27.9 Å². The summed E-state index contributed by atoms with van der Waals surface area (Å²) in [4.78, 5) is 15.1. The van der Waals surface area contributed by atoms with Gasteiger partial charge in [-0.25, -0.2) is 8.42 Å². The topological polar surface area (TPSA) is 78.5 Å². The summed E-state index contributed by atoms with van der Waals surface area (Å²) in [5, 5.41) is 2.87.